The van der Waals surface area contributed by atoms with Crippen molar-refractivity contribution in [3.05, 3.63) is 51.4 Å². The molecule has 0 fully saturated rings. The van der Waals surface area contributed by atoms with E-state index >= 15 is 0 Å². The topological polar surface area (TPSA) is 58.6 Å². The van der Waals surface area contributed by atoms with Gasteiger partial charge in [-0.2, -0.15) is 0 Å². The van der Waals surface area contributed by atoms with Crippen molar-refractivity contribution < 1.29 is 23.1 Å². The molecule has 1 N–H and O–H groups in total. The minimum absolute atomic E-state index is 0.257. The van der Waals surface area contributed by atoms with Gasteiger partial charge in [-0.25, -0.2) is 13.6 Å². The van der Waals surface area contributed by atoms with Gasteiger partial charge < -0.3 is 10.1 Å². The first-order chi connectivity index (χ1) is 12.5. The zero-order valence-electron chi connectivity index (χ0n) is 14.4. The second-order valence-corrected chi connectivity index (χ2v) is 6.97. The van der Waals surface area contributed by atoms with Crippen molar-refractivity contribution in [3.63, 3.8) is 0 Å². The lowest BCUT2D eigenvalue weighted by Gasteiger charge is -2.25. The van der Waals surface area contributed by atoms with Gasteiger partial charge in [-0.15, -0.1) is 11.3 Å². The molecule has 0 bridgehead atoms. The van der Waals surface area contributed by atoms with Gasteiger partial charge in [-0.05, 0) is 30.7 Å². The van der Waals surface area contributed by atoms with E-state index in [4.69, 9.17) is 4.74 Å². The highest BCUT2D eigenvalue weighted by molar-refractivity contribution is 7.17. The summed E-state index contributed by atoms with van der Waals surface area (Å²) in [4.78, 5) is 27.8. The lowest BCUT2D eigenvalue weighted by atomic mass is 10.0. The van der Waals surface area contributed by atoms with E-state index in [1.54, 1.807) is 0 Å². The summed E-state index contributed by atoms with van der Waals surface area (Å²) in [5, 5.41) is 2.75. The minimum atomic E-state index is -0.958. The second-order valence-electron chi connectivity index (χ2n) is 5.87. The van der Waals surface area contributed by atoms with E-state index in [9.17, 15) is 18.4 Å². The number of thiophene rings is 1. The number of ether oxygens (including phenoxy) is 1. The van der Waals surface area contributed by atoms with Crippen LogP contribution in [0.15, 0.2) is 18.2 Å². The summed E-state index contributed by atoms with van der Waals surface area (Å²) in [7, 11) is 1.26. The Labute approximate surface area is 153 Å². The molecule has 5 nitrogen and oxygen atoms in total. The summed E-state index contributed by atoms with van der Waals surface area (Å²) in [6, 6.07) is 3.21. The Morgan fingerprint density at radius 1 is 1.27 bits per heavy atom. The minimum Gasteiger partial charge on any atom is -0.465 e. The standard InChI is InChI=1S/C18H18F2N2O3S/c1-3-22-8-7-10-13(9-22)26-17(14(10)18(24)25-2)21-16(23)15-11(19)5-4-6-12(15)20/h4-6H,3,7-9H2,1-2H3,(H,21,23). The summed E-state index contributed by atoms with van der Waals surface area (Å²) < 4.78 is 32.6. The highest BCUT2D eigenvalue weighted by atomic mass is 32.1. The van der Waals surface area contributed by atoms with Crippen LogP contribution in [0.2, 0.25) is 0 Å². The summed E-state index contributed by atoms with van der Waals surface area (Å²) in [5.41, 5.74) is 0.425. The predicted octanol–water partition coefficient (Wildman–Crippen LogP) is 3.44. The molecule has 0 saturated heterocycles. The van der Waals surface area contributed by atoms with Crippen LogP contribution in [-0.4, -0.2) is 37.0 Å². The summed E-state index contributed by atoms with van der Waals surface area (Å²) in [6.07, 6.45) is 0.647. The number of methoxy groups -OCH3 is 1. The SMILES string of the molecule is CCN1CCc2c(sc(NC(=O)c3c(F)cccc3F)c2C(=O)OC)C1. The molecule has 0 spiro atoms. The number of halogens is 2. The van der Waals surface area contributed by atoms with E-state index in [0.29, 0.717) is 13.0 Å². The maximum Gasteiger partial charge on any atom is 0.341 e. The van der Waals surface area contributed by atoms with E-state index in [1.807, 2.05) is 6.92 Å². The third-order valence-corrected chi connectivity index (χ3v) is 5.52. The van der Waals surface area contributed by atoms with Gasteiger partial charge in [0.15, 0.2) is 0 Å². The Morgan fingerprint density at radius 2 is 1.96 bits per heavy atom. The Hall–Kier alpha value is -2.32. The van der Waals surface area contributed by atoms with E-state index in [-0.39, 0.29) is 10.6 Å². The first kappa shape index (κ1) is 18.5. The Kier molecular flexibility index (Phi) is 5.33. The van der Waals surface area contributed by atoms with Crippen molar-refractivity contribution in [1.82, 2.24) is 4.90 Å². The molecule has 1 aliphatic heterocycles. The molecule has 2 aromatic rings. The molecule has 8 heteroatoms. The monoisotopic (exact) mass is 380 g/mol. The third-order valence-electron chi connectivity index (χ3n) is 4.39. The molecule has 0 aliphatic carbocycles. The molecule has 0 radical (unpaired) electrons. The Balaban J connectivity index is 1.98. The van der Waals surface area contributed by atoms with Crippen molar-refractivity contribution in [2.75, 3.05) is 25.5 Å². The molecule has 138 valence electrons. The number of hydrogen-bond acceptors (Lipinski definition) is 5. The number of carbonyl (C=O) groups excluding carboxylic acids is 2. The summed E-state index contributed by atoms with van der Waals surface area (Å²) in [5.74, 6) is -3.42. The number of amides is 1. The van der Waals surface area contributed by atoms with Crippen LogP contribution >= 0.6 is 11.3 Å². The lowest BCUT2D eigenvalue weighted by molar-refractivity contribution is 0.0600. The number of esters is 1. The van der Waals surface area contributed by atoms with Crippen LogP contribution in [0.1, 0.15) is 38.1 Å². The molecule has 1 aromatic carbocycles. The number of carbonyl (C=O) groups is 2. The number of nitrogens with zero attached hydrogens (tertiary/aromatic N) is 1. The van der Waals surface area contributed by atoms with Gasteiger partial charge in [-0.1, -0.05) is 13.0 Å². The van der Waals surface area contributed by atoms with E-state index in [2.05, 4.69) is 10.2 Å². The molecule has 26 heavy (non-hydrogen) atoms. The molecule has 2 heterocycles. The second kappa shape index (κ2) is 7.51. The average molecular weight is 380 g/mol. The summed E-state index contributed by atoms with van der Waals surface area (Å²) >= 11 is 1.24. The third kappa shape index (κ3) is 3.34. The van der Waals surface area contributed by atoms with E-state index in [0.717, 1.165) is 35.7 Å². The van der Waals surface area contributed by atoms with Crippen LogP contribution in [0, 0.1) is 11.6 Å². The number of anilines is 1. The first-order valence-corrected chi connectivity index (χ1v) is 8.98. The van der Waals surface area contributed by atoms with Gasteiger partial charge in [0.2, 0.25) is 0 Å². The normalized spacial score (nSPS) is 14.0. The summed E-state index contributed by atoms with van der Waals surface area (Å²) in [6.45, 7) is 4.36. The van der Waals surface area contributed by atoms with Crippen LogP contribution in [0.4, 0.5) is 13.8 Å². The smallest absolute Gasteiger partial charge is 0.341 e. The number of nitrogens with one attached hydrogen (secondary N) is 1. The van der Waals surface area contributed by atoms with Crippen LogP contribution in [0.25, 0.3) is 0 Å². The van der Waals surface area contributed by atoms with Crippen molar-refractivity contribution in [2.24, 2.45) is 0 Å². The quantitative estimate of drug-likeness (QED) is 0.826. The fourth-order valence-electron chi connectivity index (χ4n) is 3.01. The van der Waals surface area contributed by atoms with Crippen molar-refractivity contribution in [3.8, 4) is 0 Å². The van der Waals surface area contributed by atoms with Crippen LogP contribution in [0.5, 0.6) is 0 Å². The molecule has 0 unspecified atom stereocenters. The number of likely N-dealkylation sites (N-methyl/N-ethyl adjacent to an activating group) is 1. The fourth-order valence-corrected chi connectivity index (χ4v) is 4.29. The van der Waals surface area contributed by atoms with Crippen molar-refractivity contribution in [2.45, 2.75) is 19.9 Å². The molecule has 3 rings (SSSR count). The van der Waals surface area contributed by atoms with E-state index < -0.39 is 29.1 Å². The predicted molar refractivity (Wildman–Crippen MR) is 94.6 cm³/mol. The maximum atomic E-state index is 13.9. The van der Waals surface area contributed by atoms with Gasteiger partial charge in [0.1, 0.15) is 22.2 Å². The zero-order valence-corrected chi connectivity index (χ0v) is 15.2. The average Bonchev–Trinajstić information content (AvgIpc) is 2.97. The van der Waals surface area contributed by atoms with Crippen LogP contribution in [-0.2, 0) is 17.7 Å². The molecule has 1 aromatic heterocycles. The number of benzene rings is 1. The molecule has 0 saturated carbocycles. The van der Waals surface area contributed by atoms with Gasteiger partial charge in [-0.3, -0.25) is 9.69 Å². The Bertz CT molecular complexity index is 846. The van der Waals surface area contributed by atoms with Crippen molar-refractivity contribution >= 4 is 28.2 Å². The van der Waals surface area contributed by atoms with Crippen LogP contribution < -0.4 is 5.32 Å². The lowest BCUT2D eigenvalue weighted by Crippen LogP contribution is -2.30. The maximum absolute atomic E-state index is 13.9. The van der Waals surface area contributed by atoms with Gasteiger partial charge >= 0.3 is 5.97 Å². The molecular formula is C18H18F2N2O3S. The number of rotatable bonds is 4. The zero-order chi connectivity index (χ0) is 18.8. The van der Waals surface area contributed by atoms with Gasteiger partial charge in [0.25, 0.3) is 5.91 Å². The number of hydrogen-bond donors (Lipinski definition) is 1. The highest BCUT2D eigenvalue weighted by Crippen LogP contribution is 2.38. The van der Waals surface area contributed by atoms with Gasteiger partial charge in [0.05, 0.1) is 12.7 Å². The highest BCUT2D eigenvalue weighted by Gasteiger charge is 2.29. The van der Waals surface area contributed by atoms with Crippen molar-refractivity contribution in [1.29, 1.82) is 0 Å². The van der Waals surface area contributed by atoms with Gasteiger partial charge in [0, 0.05) is 18.0 Å². The fraction of sp³-hybridized carbons (Fsp3) is 0.333. The van der Waals surface area contributed by atoms with Crippen LogP contribution in [0.3, 0.4) is 0 Å². The first-order valence-electron chi connectivity index (χ1n) is 8.16. The molecule has 1 amide bonds. The number of fused-ring (bicyclic) bond motifs is 1. The molecule has 1 aliphatic rings. The molecular weight excluding hydrogens is 362 g/mol. The van der Waals surface area contributed by atoms with E-state index in [1.165, 1.54) is 24.5 Å². The Morgan fingerprint density at radius 3 is 2.58 bits per heavy atom. The largest absolute Gasteiger partial charge is 0.465 e. The molecule has 0 atom stereocenters.